The van der Waals surface area contributed by atoms with Gasteiger partial charge in [-0.1, -0.05) is 36.0 Å². The number of carbonyl (C=O) groups excluding carboxylic acids is 1. The number of ether oxygens (including phenoxy) is 2. The SMILES string of the molecule is COc1cc(C)c(C=CC(C)=CC=CC(C)=CC(=O)Nc2ccc(OC(F)(F)F)cc2C#N)c(C)c1C. The maximum atomic E-state index is 12.4. The normalized spacial score (nSPS) is 12.6. The van der Waals surface area contributed by atoms with Crippen LogP contribution < -0.4 is 14.8 Å². The fraction of sp³-hybridized carbons (Fsp3) is 0.241. The first-order valence-corrected chi connectivity index (χ1v) is 11.3. The van der Waals surface area contributed by atoms with Crippen molar-refractivity contribution in [3.63, 3.8) is 0 Å². The van der Waals surface area contributed by atoms with Gasteiger partial charge in [-0.05, 0) is 80.6 Å². The first-order chi connectivity index (χ1) is 17.3. The smallest absolute Gasteiger partial charge is 0.496 e. The highest BCUT2D eigenvalue weighted by molar-refractivity contribution is 6.00. The molecule has 2 aromatic rings. The van der Waals surface area contributed by atoms with Crippen LogP contribution in [-0.4, -0.2) is 19.4 Å². The topological polar surface area (TPSA) is 71.3 Å². The lowest BCUT2D eigenvalue weighted by Gasteiger charge is -2.13. The Morgan fingerprint density at radius 1 is 1.05 bits per heavy atom. The summed E-state index contributed by atoms with van der Waals surface area (Å²) in [6, 6.07) is 6.89. The third-order valence-corrected chi connectivity index (χ3v) is 5.52. The maximum Gasteiger partial charge on any atom is 0.573 e. The van der Waals surface area contributed by atoms with E-state index in [1.54, 1.807) is 26.2 Å². The fourth-order valence-electron chi connectivity index (χ4n) is 3.50. The molecule has 0 heterocycles. The summed E-state index contributed by atoms with van der Waals surface area (Å²) in [5.41, 5.74) is 6.07. The number of nitrogens with one attached hydrogen (secondary N) is 1. The third-order valence-electron chi connectivity index (χ3n) is 5.52. The van der Waals surface area contributed by atoms with Crippen LogP contribution in [0.25, 0.3) is 6.08 Å². The molecule has 0 radical (unpaired) electrons. The van der Waals surface area contributed by atoms with Gasteiger partial charge in [0.2, 0.25) is 5.91 Å². The second kappa shape index (κ2) is 12.6. The van der Waals surface area contributed by atoms with Crippen molar-refractivity contribution >= 4 is 17.7 Å². The molecule has 37 heavy (non-hydrogen) atoms. The van der Waals surface area contributed by atoms with Crippen molar-refractivity contribution in [1.82, 2.24) is 0 Å². The van der Waals surface area contributed by atoms with Crippen LogP contribution in [-0.2, 0) is 4.79 Å². The third kappa shape index (κ3) is 8.73. The number of anilines is 1. The van der Waals surface area contributed by atoms with E-state index in [2.05, 4.69) is 23.1 Å². The summed E-state index contributed by atoms with van der Waals surface area (Å²) in [7, 11) is 1.66. The number of methoxy groups -OCH3 is 1. The van der Waals surface area contributed by atoms with Gasteiger partial charge >= 0.3 is 6.36 Å². The summed E-state index contributed by atoms with van der Waals surface area (Å²) < 4.78 is 46.3. The molecule has 0 aliphatic heterocycles. The molecule has 0 unspecified atom stereocenters. The molecule has 0 fully saturated rings. The molecule has 0 saturated carbocycles. The molecule has 0 saturated heterocycles. The minimum atomic E-state index is -4.88. The molecule has 1 N–H and O–H groups in total. The first-order valence-electron chi connectivity index (χ1n) is 11.3. The average molecular weight is 511 g/mol. The molecule has 2 rings (SSSR count). The zero-order valence-electron chi connectivity index (χ0n) is 21.6. The van der Waals surface area contributed by atoms with E-state index in [0.29, 0.717) is 5.57 Å². The van der Waals surface area contributed by atoms with Crippen molar-refractivity contribution in [2.45, 2.75) is 41.0 Å². The Kier molecular flexibility index (Phi) is 9.90. The van der Waals surface area contributed by atoms with Crippen LogP contribution in [0.4, 0.5) is 18.9 Å². The predicted octanol–water partition coefficient (Wildman–Crippen LogP) is 7.49. The number of hydrogen-bond acceptors (Lipinski definition) is 4. The van der Waals surface area contributed by atoms with E-state index in [0.717, 1.165) is 45.7 Å². The van der Waals surface area contributed by atoms with Gasteiger partial charge in [0.15, 0.2) is 0 Å². The van der Waals surface area contributed by atoms with E-state index in [9.17, 15) is 23.2 Å². The Labute approximate surface area is 215 Å². The highest BCUT2D eigenvalue weighted by Crippen LogP contribution is 2.29. The molecule has 0 aromatic heterocycles. The second-order valence-electron chi connectivity index (χ2n) is 8.41. The number of nitrogens with zero attached hydrogens (tertiary/aromatic N) is 1. The highest BCUT2D eigenvalue weighted by atomic mass is 19.4. The van der Waals surface area contributed by atoms with Gasteiger partial charge in [0.1, 0.15) is 17.6 Å². The summed E-state index contributed by atoms with van der Waals surface area (Å²) in [5, 5.41) is 11.7. The number of amides is 1. The second-order valence-corrected chi connectivity index (χ2v) is 8.41. The minimum Gasteiger partial charge on any atom is -0.496 e. The quantitative estimate of drug-likeness (QED) is 0.295. The number of alkyl halides is 3. The lowest BCUT2D eigenvalue weighted by molar-refractivity contribution is -0.274. The van der Waals surface area contributed by atoms with Gasteiger partial charge in [-0.3, -0.25) is 4.79 Å². The van der Waals surface area contributed by atoms with Crippen LogP contribution in [0.1, 0.15) is 41.7 Å². The summed E-state index contributed by atoms with van der Waals surface area (Å²) in [4.78, 5) is 12.3. The average Bonchev–Trinajstić information content (AvgIpc) is 2.81. The molecule has 0 spiro atoms. The van der Waals surface area contributed by atoms with Crippen molar-refractivity contribution < 1.29 is 27.4 Å². The van der Waals surface area contributed by atoms with Crippen LogP contribution in [0.3, 0.4) is 0 Å². The molecular formula is C29H29F3N2O3. The molecule has 0 bridgehead atoms. The molecule has 5 nitrogen and oxygen atoms in total. The number of rotatable bonds is 8. The number of benzene rings is 2. The standard InChI is InChI=1S/C29H29F3N2O3/c1-18(10-12-25-20(3)15-27(36-6)22(5)21(25)4)8-7-9-19(2)14-28(35)34-26-13-11-24(16-23(26)17-33)37-29(30,31)32/h7-16H,1-6H3,(H,34,35). The number of halogens is 3. The van der Waals surface area contributed by atoms with Gasteiger partial charge in [0.25, 0.3) is 0 Å². The molecule has 8 heteroatoms. The van der Waals surface area contributed by atoms with Gasteiger partial charge < -0.3 is 14.8 Å². The van der Waals surface area contributed by atoms with E-state index < -0.39 is 18.0 Å². The lowest BCUT2D eigenvalue weighted by atomic mass is 9.96. The van der Waals surface area contributed by atoms with Gasteiger partial charge in [0.05, 0.1) is 18.4 Å². The van der Waals surface area contributed by atoms with Gasteiger partial charge in [-0.25, -0.2) is 0 Å². The van der Waals surface area contributed by atoms with Crippen LogP contribution in [0, 0.1) is 32.1 Å². The molecule has 0 atom stereocenters. The minimum absolute atomic E-state index is 0.0790. The molecule has 194 valence electrons. The largest absolute Gasteiger partial charge is 0.573 e. The van der Waals surface area contributed by atoms with E-state index in [1.807, 2.05) is 45.1 Å². The van der Waals surface area contributed by atoms with Crippen LogP contribution >= 0.6 is 0 Å². The fourth-order valence-corrected chi connectivity index (χ4v) is 3.50. The predicted molar refractivity (Wildman–Crippen MR) is 139 cm³/mol. The zero-order valence-corrected chi connectivity index (χ0v) is 21.6. The summed E-state index contributed by atoms with van der Waals surface area (Å²) in [6.07, 6.45) is 5.97. The summed E-state index contributed by atoms with van der Waals surface area (Å²) in [5.74, 6) is -0.199. The van der Waals surface area contributed by atoms with Crippen molar-refractivity contribution in [3.05, 3.63) is 93.6 Å². The van der Waals surface area contributed by atoms with Crippen molar-refractivity contribution in [3.8, 4) is 17.6 Å². The Balaban J connectivity index is 2.07. The van der Waals surface area contributed by atoms with Gasteiger partial charge in [0, 0.05) is 12.1 Å². The number of allylic oxidation sites excluding steroid dienone is 6. The van der Waals surface area contributed by atoms with E-state index >= 15 is 0 Å². The number of hydrogen-bond donors (Lipinski definition) is 1. The monoisotopic (exact) mass is 510 g/mol. The number of nitriles is 1. The number of aryl methyl sites for hydroxylation is 1. The van der Waals surface area contributed by atoms with Crippen LogP contribution in [0.2, 0.25) is 0 Å². The van der Waals surface area contributed by atoms with Crippen molar-refractivity contribution in [1.29, 1.82) is 5.26 Å². The molecule has 0 aliphatic rings. The van der Waals surface area contributed by atoms with E-state index in [4.69, 9.17) is 4.74 Å². The van der Waals surface area contributed by atoms with Crippen LogP contribution in [0.15, 0.2) is 65.8 Å². The Bertz CT molecular complexity index is 1330. The summed E-state index contributed by atoms with van der Waals surface area (Å²) in [6.45, 7) is 9.82. The van der Waals surface area contributed by atoms with Crippen molar-refractivity contribution in [2.75, 3.05) is 12.4 Å². The van der Waals surface area contributed by atoms with Gasteiger partial charge in [-0.15, -0.1) is 13.2 Å². The maximum absolute atomic E-state index is 12.4. The van der Waals surface area contributed by atoms with Gasteiger partial charge in [-0.2, -0.15) is 5.26 Å². The Morgan fingerprint density at radius 2 is 1.76 bits per heavy atom. The van der Waals surface area contributed by atoms with Crippen molar-refractivity contribution in [2.24, 2.45) is 0 Å². The molecular weight excluding hydrogens is 481 g/mol. The number of carbonyl (C=O) groups is 1. The lowest BCUT2D eigenvalue weighted by Crippen LogP contribution is -2.17. The Hall–Kier alpha value is -4.25. The first kappa shape index (κ1) is 29.0. The van der Waals surface area contributed by atoms with E-state index in [1.165, 1.54) is 12.1 Å². The molecule has 1 amide bonds. The highest BCUT2D eigenvalue weighted by Gasteiger charge is 2.31. The molecule has 0 aliphatic carbocycles. The zero-order chi connectivity index (χ0) is 27.8. The van der Waals surface area contributed by atoms with E-state index in [-0.39, 0.29) is 11.3 Å². The summed E-state index contributed by atoms with van der Waals surface area (Å²) >= 11 is 0. The Morgan fingerprint density at radius 3 is 2.38 bits per heavy atom. The van der Waals surface area contributed by atoms with Crippen LogP contribution in [0.5, 0.6) is 11.5 Å². The molecule has 2 aromatic carbocycles.